The molecule has 1 aliphatic heterocycles. The van der Waals surface area contributed by atoms with Crippen LogP contribution in [0.1, 0.15) is 11.4 Å². The van der Waals surface area contributed by atoms with Gasteiger partial charge in [-0.2, -0.15) is 14.0 Å². The van der Waals surface area contributed by atoms with Crippen LogP contribution in [-0.4, -0.2) is 63.1 Å². The summed E-state index contributed by atoms with van der Waals surface area (Å²) < 4.78 is 16.9. The van der Waals surface area contributed by atoms with Crippen molar-refractivity contribution in [1.82, 2.24) is 14.0 Å². The summed E-state index contributed by atoms with van der Waals surface area (Å²) in [5, 5.41) is 13.3. The number of fused-ring (bicyclic) bond motifs is 1. The predicted molar refractivity (Wildman–Crippen MR) is 83.3 cm³/mol. The zero-order chi connectivity index (χ0) is 15.8. The summed E-state index contributed by atoms with van der Waals surface area (Å²) in [6.45, 7) is 0.220. The van der Waals surface area contributed by atoms with Crippen LogP contribution in [-0.2, 0) is 0 Å². The van der Waals surface area contributed by atoms with Gasteiger partial charge >= 0.3 is 0 Å². The Hall–Kier alpha value is -0.910. The molecule has 1 unspecified atom stereocenters. The van der Waals surface area contributed by atoms with Gasteiger partial charge in [-0.25, -0.2) is 0 Å². The molecular formula is C14H24N3O3P. The maximum absolute atomic E-state index is 13.3. The minimum absolute atomic E-state index is 0.220. The maximum Gasteiger partial charge on any atom is 0.231 e. The van der Waals surface area contributed by atoms with Crippen LogP contribution in [0.4, 0.5) is 0 Å². The highest BCUT2D eigenvalue weighted by atomic mass is 31.2. The van der Waals surface area contributed by atoms with Crippen molar-refractivity contribution in [2.75, 3.05) is 49.1 Å². The Bertz CT molecular complexity index is 486. The summed E-state index contributed by atoms with van der Waals surface area (Å²) in [7, 11) is 9.58. The largest absolute Gasteiger partial charge is 0.814 e. The van der Waals surface area contributed by atoms with Gasteiger partial charge in [0, 0.05) is 42.3 Å². The molecule has 0 radical (unpaired) electrons. The van der Waals surface area contributed by atoms with E-state index in [1.54, 1.807) is 0 Å². The number of rotatable bonds is 5. The van der Waals surface area contributed by atoms with Gasteiger partial charge in [0.2, 0.25) is 14.5 Å². The van der Waals surface area contributed by atoms with Crippen molar-refractivity contribution in [3.63, 3.8) is 0 Å². The van der Waals surface area contributed by atoms with Gasteiger partial charge in [0.05, 0.1) is 5.85 Å². The summed E-state index contributed by atoms with van der Waals surface area (Å²) in [5.74, 6) is 0.476. The normalized spacial score (nSPS) is 16.1. The highest BCUT2D eigenvalue weighted by Gasteiger charge is 2.50. The first kappa shape index (κ1) is 16.5. The highest BCUT2D eigenvalue weighted by molar-refractivity contribution is 7.69. The number of hydrogen-bond acceptors (Lipinski definition) is 6. The first-order valence-electron chi connectivity index (χ1n) is 6.79. The molecule has 0 saturated heterocycles. The second-order valence-corrected chi connectivity index (χ2v) is 9.72. The van der Waals surface area contributed by atoms with Crippen LogP contribution in [0.15, 0.2) is 18.2 Å². The van der Waals surface area contributed by atoms with E-state index in [0.29, 0.717) is 11.5 Å². The van der Waals surface area contributed by atoms with Gasteiger partial charge < -0.3 is 14.6 Å². The Balaban J connectivity index is 2.45. The number of benzene rings is 1. The molecule has 1 atom stereocenters. The molecular weight excluding hydrogens is 289 g/mol. The molecule has 0 spiro atoms. The van der Waals surface area contributed by atoms with Crippen LogP contribution in [0.5, 0.6) is 11.5 Å². The number of hydrogen-bond donors (Lipinski definition) is 0. The van der Waals surface area contributed by atoms with Crippen molar-refractivity contribution in [3.8, 4) is 11.5 Å². The van der Waals surface area contributed by atoms with E-state index in [2.05, 4.69) is 14.0 Å². The fraction of sp³-hybridized carbons (Fsp3) is 0.571. The van der Waals surface area contributed by atoms with Gasteiger partial charge in [0.1, 0.15) is 0 Å². The van der Waals surface area contributed by atoms with E-state index in [4.69, 9.17) is 9.47 Å². The van der Waals surface area contributed by atoms with Gasteiger partial charge in [-0.3, -0.25) is 0 Å². The smallest absolute Gasteiger partial charge is 0.231 e. The van der Waals surface area contributed by atoms with Crippen molar-refractivity contribution in [3.05, 3.63) is 23.8 Å². The summed E-state index contributed by atoms with van der Waals surface area (Å²) in [6, 6.07) is 5.47. The molecule has 21 heavy (non-hydrogen) atoms. The second kappa shape index (κ2) is 6.07. The zero-order valence-electron chi connectivity index (χ0n) is 13.5. The molecule has 0 aliphatic carbocycles. The fourth-order valence-corrected chi connectivity index (χ4v) is 6.94. The van der Waals surface area contributed by atoms with Crippen LogP contribution >= 0.6 is 7.71 Å². The van der Waals surface area contributed by atoms with E-state index in [1.165, 1.54) is 0 Å². The van der Waals surface area contributed by atoms with Crippen molar-refractivity contribution in [1.29, 1.82) is 0 Å². The van der Waals surface area contributed by atoms with Crippen LogP contribution < -0.4 is 14.6 Å². The molecule has 0 N–H and O–H groups in total. The van der Waals surface area contributed by atoms with Crippen LogP contribution in [0.25, 0.3) is 0 Å². The van der Waals surface area contributed by atoms with E-state index in [0.717, 1.165) is 5.56 Å². The minimum Gasteiger partial charge on any atom is -0.814 e. The third-order valence-corrected chi connectivity index (χ3v) is 8.22. The summed E-state index contributed by atoms with van der Waals surface area (Å²) >= 11 is 0. The van der Waals surface area contributed by atoms with E-state index >= 15 is 0 Å². The second-order valence-electron chi connectivity index (χ2n) is 5.62. The monoisotopic (exact) mass is 313 g/mol. The quantitative estimate of drug-likeness (QED) is 0.762. The van der Waals surface area contributed by atoms with E-state index in [1.807, 2.05) is 60.5 Å². The van der Waals surface area contributed by atoms with E-state index in [9.17, 15) is 5.11 Å². The summed E-state index contributed by atoms with van der Waals surface area (Å²) in [6.07, 6.45) is 0. The lowest BCUT2D eigenvalue weighted by Crippen LogP contribution is -2.43. The SMILES string of the molecule is CN(C)[P+](C([O-])c1ccc2c(c1)OCO2)(N(C)C)N(C)C. The lowest BCUT2D eigenvalue weighted by molar-refractivity contribution is -0.398. The lowest BCUT2D eigenvalue weighted by atomic mass is 10.2. The van der Waals surface area contributed by atoms with Gasteiger partial charge in [0.25, 0.3) is 0 Å². The Kier molecular flexibility index (Phi) is 4.76. The minimum atomic E-state index is -2.20. The Morgan fingerprint density at radius 1 is 0.952 bits per heavy atom. The zero-order valence-corrected chi connectivity index (χ0v) is 14.4. The topological polar surface area (TPSA) is 51.2 Å². The van der Waals surface area contributed by atoms with Crippen LogP contribution in [0.3, 0.4) is 0 Å². The van der Waals surface area contributed by atoms with Crippen molar-refractivity contribution < 1.29 is 14.6 Å². The first-order chi connectivity index (χ1) is 9.81. The standard InChI is InChI=1S/C14H24N3O3P/c1-15(2)21(16(3)4,17(5)6)14(18)11-7-8-12-13(9-11)20-10-19-12/h7-9,14H,10H2,1-6H3. The molecule has 1 aromatic rings. The van der Waals surface area contributed by atoms with Gasteiger partial charge in [-0.1, -0.05) is 6.07 Å². The Labute approximate surface area is 127 Å². The third-order valence-electron chi connectivity index (χ3n) is 3.76. The molecule has 7 heteroatoms. The van der Waals surface area contributed by atoms with Gasteiger partial charge in [0.15, 0.2) is 11.5 Å². The maximum atomic E-state index is 13.3. The molecule has 1 aliphatic rings. The van der Waals surface area contributed by atoms with Gasteiger partial charge in [-0.05, 0) is 17.7 Å². The third kappa shape index (κ3) is 2.62. The van der Waals surface area contributed by atoms with E-state index in [-0.39, 0.29) is 6.79 Å². The Morgan fingerprint density at radius 2 is 1.48 bits per heavy atom. The predicted octanol–water partition coefficient (Wildman–Crippen LogP) is 1.22. The lowest BCUT2D eigenvalue weighted by Gasteiger charge is -2.47. The molecule has 0 saturated carbocycles. The van der Waals surface area contributed by atoms with E-state index < -0.39 is 13.6 Å². The average molecular weight is 313 g/mol. The van der Waals surface area contributed by atoms with Crippen molar-refractivity contribution in [2.24, 2.45) is 0 Å². The molecule has 0 amide bonds. The Morgan fingerprint density at radius 3 is 2.00 bits per heavy atom. The highest BCUT2D eigenvalue weighted by Crippen LogP contribution is 2.71. The van der Waals surface area contributed by atoms with Gasteiger partial charge in [-0.15, -0.1) is 0 Å². The average Bonchev–Trinajstić information content (AvgIpc) is 2.84. The fourth-order valence-electron chi connectivity index (χ4n) is 2.97. The number of nitrogens with zero attached hydrogens (tertiary/aromatic N) is 3. The molecule has 2 rings (SSSR count). The molecule has 1 aromatic carbocycles. The summed E-state index contributed by atoms with van der Waals surface area (Å²) in [5.41, 5.74) is 0.726. The van der Waals surface area contributed by atoms with Crippen molar-refractivity contribution in [2.45, 2.75) is 5.85 Å². The molecule has 118 valence electrons. The summed E-state index contributed by atoms with van der Waals surface area (Å²) in [4.78, 5) is 0. The van der Waals surface area contributed by atoms with Crippen LogP contribution in [0, 0.1) is 0 Å². The molecule has 0 aromatic heterocycles. The molecule has 1 heterocycles. The first-order valence-corrected chi connectivity index (χ1v) is 8.51. The molecule has 0 fully saturated rings. The molecule has 0 bridgehead atoms. The number of ether oxygens (including phenoxy) is 2. The van der Waals surface area contributed by atoms with Crippen LogP contribution in [0.2, 0.25) is 0 Å². The van der Waals surface area contributed by atoms with Crippen molar-refractivity contribution >= 4 is 7.71 Å². The molecule has 6 nitrogen and oxygen atoms in total.